The summed E-state index contributed by atoms with van der Waals surface area (Å²) in [7, 11) is 0. The third-order valence-electron chi connectivity index (χ3n) is 4.34. The maximum Gasteiger partial charge on any atom is 0.231 e. The number of H-pyrrole nitrogens is 1. The third-order valence-corrected chi connectivity index (χ3v) is 4.34. The predicted molar refractivity (Wildman–Crippen MR) is 77.1 cm³/mol. The molecule has 1 aromatic heterocycles. The van der Waals surface area contributed by atoms with Gasteiger partial charge < -0.3 is 5.32 Å². The summed E-state index contributed by atoms with van der Waals surface area (Å²) in [4.78, 5) is 12.7. The molecule has 1 aromatic carbocycles. The second kappa shape index (κ2) is 5.12. The second-order valence-corrected chi connectivity index (χ2v) is 5.53. The van der Waals surface area contributed by atoms with Crippen LogP contribution in [-0.4, -0.2) is 16.1 Å². The van der Waals surface area contributed by atoms with Gasteiger partial charge in [-0.25, -0.2) is 0 Å². The van der Waals surface area contributed by atoms with Crippen LogP contribution in [-0.2, 0) is 10.2 Å². The van der Waals surface area contributed by atoms with Crippen LogP contribution in [0.25, 0.3) is 0 Å². The lowest BCUT2D eigenvalue weighted by Gasteiger charge is -2.41. The molecule has 0 aliphatic heterocycles. The van der Waals surface area contributed by atoms with Gasteiger partial charge in [-0.2, -0.15) is 5.10 Å². The molecule has 4 nitrogen and oxygen atoms in total. The van der Waals surface area contributed by atoms with E-state index in [1.54, 1.807) is 6.20 Å². The van der Waals surface area contributed by atoms with Crippen molar-refractivity contribution < 1.29 is 4.79 Å². The number of amides is 1. The highest BCUT2D eigenvalue weighted by Gasteiger charge is 2.45. The highest BCUT2D eigenvalue weighted by molar-refractivity contribution is 5.89. The molecule has 3 rings (SSSR count). The fourth-order valence-corrected chi connectivity index (χ4v) is 2.85. The van der Waals surface area contributed by atoms with Gasteiger partial charge in [-0.15, -0.1) is 0 Å². The van der Waals surface area contributed by atoms with E-state index in [9.17, 15) is 4.79 Å². The first kappa shape index (κ1) is 12.9. The number of rotatable bonds is 4. The van der Waals surface area contributed by atoms with Crippen molar-refractivity contribution in [2.75, 3.05) is 0 Å². The van der Waals surface area contributed by atoms with E-state index >= 15 is 0 Å². The van der Waals surface area contributed by atoms with Gasteiger partial charge in [0.25, 0.3) is 0 Å². The van der Waals surface area contributed by atoms with Crippen LogP contribution >= 0.6 is 0 Å². The molecule has 1 amide bonds. The van der Waals surface area contributed by atoms with Gasteiger partial charge in [0.2, 0.25) is 5.91 Å². The molecule has 0 saturated heterocycles. The molecule has 0 radical (unpaired) electrons. The Labute approximate surface area is 118 Å². The number of hydrogen-bond acceptors (Lipinski definition) is 2. The molecule has 2 N–H and O–H groups in total. The number of carbonyl (C=O) groups excluding carboxylic acids is 1. The Hall–Kier alpha value is -2.10. The van der Waals surface area contributed by atoms with Gasteiger partial charge in [-0.1, -0.05) is 36.8 Å². The van der Waals surface area contributed by atoms with Gasteiger partial charge in [-0.3, -0.25) is 9.89 Å². The van der Waals surface area contributed by atoms with Crippen molar-refractivity contribution >= 4 is 5.91 Å². The maximum absolute atomic E-state index is 12.7. The van der Waals surface area contributed by atoms with Crippen LogP contribution in [0.1, 0.15) is 43.4 Å². The van der Waals surface area contributed by atoms with E-state index in [0.717, 1.165) is 30.4 Å². The number of aromatic amines is 1. The number of benzene rings is 1. The van der Waals surface area contributed by atoms with E-state index in [0.29, 0.717) is 0 Å². The van der Waals surface area contributed by atoms with Crippen molar-refractivity contribution in [1.29, 1.82) is 0 Å². The lowest BCUT2D eigenvalue weighted by atomic mass is 9.63. The Morgan fingerprint density at radius 2 is 2.10 bits per heavy atom. The molecule has 0 spiro atoms. The standard InChI is InChI=1S/C16H19N3O/c1-12(13-10-17-18-11-13)19-15(20)16(8-5-9-16)14-6-3-2-4-7-14/h2-4,6-7,10-12H,5,8-9H2,1H3,(H,17,18)(H,19,20). The maximum atomic E-state index is 12.7. The average molecular weight is 269 g/mol. The van der Waals surface area contributed by atoms with E-state index in [-0.39, 0.29) is 17.4 Å². The lowest BCUT2D eigenvalue weighted by molar-refractivity contribution is -0.130. The quantitative estimate of drug-likeness (QED) is 0.896. The van der Waals surface area contributed by atoms with Crippen LogP contribution in [0.3, 0.4) is 0 Å². The van der Waals surface area contributed by atoms with Crippen molar-refractivity contribution in [1.82, 2.24) is 15.5 Å². The van der Waals surface area contributed by atoms with E-state index in [1.165, 1.54) is 0 Å². The Morgan fingerprint density at radius 1 is 1.35 bits per heavy atom. The van der Waals surface area contributed by atoms with Crippen LogP contribution in [0, 0.1) is 0 Å². The Morgan fingerprint density at radius 3 is 2.65 bits per heavy atom. The Balaban J connectivity index is 1.78. The largest absolute Gasteiger partial charge is 0.349 e. The molecular weight excluding hydrogens is 250 g/mol. The zero-order valence-corrected chi connectivity index (χ0v) is 11.6. The van der Waals surface area contributed by atoms with Gasteiger partial charge in [0.05, 0.1) is 17.7 Å². The first-order valence-corrected chi connectivity index (χ1v) is 7.07. The summed E-state index contributed by atoms with van der Waals surface area (Å²) >= 11 is 0. The fraction of sp³-hybridized carbons (Fsp3) is 0.375. The molecule has 1 unspecified atom stereocenters. The van der Waals surface area contributed by atoms with Gasteiger partial charge in [-0.05, 0) is 25.3 Å². The van der Waals surface area contributed by atoms with E-state index < -0.39 is 0 Å². The summed E-state index contributed by atoms with van der Waals surface area (Å²) < 4.78 is 0. The topological polar surface area (TPSA) is 57.8 Å². The van der Waals surface area contributed by atoms with Gasteiger partial charge in [0, 0.05) is 11.8 Å². The van der Waals surface area contributed by atoms with Crippen molar-refractivity contribution in [3.05, 3.63) is 53.9 Å². The summed E-state index contributed by atoms with van der Waals surface area (Å²) in [5.74, 6) is 0.128. The van der Waals surface area contributed by atoms with Crippen LogP contribution < -0.4 is 5.32 Å². The highest BCUT2D eigenvalue weighted by Crippen LogP contribution is 2.44. The second-order valence-electron chi connectivity index (χ2n) is 5.53. The zero-order chi connectivity index (χ0) is 14.0. The predicted octanol–water partition coefficient (Wildman–Crippen LogP) is 2.71. The van der Waals surface area contributed by atoms with Gasteiger partial charge in [0.1, 0.15) is 0 Å². The molecular formula is C16H19N3O. The molecule has 1 saturated carbocycles. The van der Waals surface area contributed by atoms with E-state index in [1.807, 2.05) is 31.3 Å². The summed E-state index contributed by atoms with van der Waals surface area (Å²) in [5, 5.41) is 9.83. The number of nitrogens with one attached hydrogen (secondary N) is 2. The van der Waals surface area contributed by atoms with E-state index in [4.69, 9.17) is 0 Å². The van der Waals surface area contributed by atoms with Crippen LogP contribution in [0.2, 0.25) is 0 Å². The lowest BCUT2D eigenvalue weighted by Crippen LogP contribution is -2.49. The average Bonchev–Trinajstić information content (AvgIpc) is 2.92. The van der Waals surface area contributed by atoms with Gasteiger partial charge >= 0.3 is 0 Å². The van der Waals surface area contributed by atoms with Crippen molar-refractivity contribution in [2.45, 2.75) is 37.6 Å². The van der Waals surface area contributed by atoms with Crippen LogP contribution in [0.15, 0.2) is 42.7 Å². The fourth-order valence-electron chi connectivity index (χ4n) is 2.85. The van der Waals surface area contributed by atoms with Crippen molar-refractivity contribution in [3.8, 4) is 0 Å². The van der Waals surface area contributed by atoms with Crippen molar-refractivity contribution in [3.63, 3.8) is 0 Å². The monoisotopic (exact) mass is 269 g/mol. The minimum Gasteiger partial charge on any atom is -0.349 e. The minimum atomic E-state index is -0.334. The molecule has 2 aromatic rings. The molecule has 1 aliphatic carbocycles. The van der Waals surface area contributed by atoms with E-state index in [2.05, 4.69) is 27.6 Å². The van der Waals surface area contributed by atoms with Crippen molar-refractivity contribution in [2.24, 2.45) is 0 Å². The Kier molecular flexibility index (Phi) is 3.30. The first-order chi connectivity index (χ1) is 9.72. The number of carbonyl (C=O) groups is 1. The smallest absolute Gasteiger partial charge is 0.231 e. The first-order valence-electron chi connectivity index (χ1n) is 7.07. The molecule has 20 heavy (non-hydrogen) atoms. The SMILES string of the molecule is CC(NC(=O)C1(c2ccccc2)CCC1)c1cn[nH]c1. The van der Waals surface area contributed by atoms with Crippen LogP contribution in [0.4, 0.5) is 0 Å². The minimum absolute atomic E-state index is 0.0255. The van der Waals surface area contributed by atoms with Crippen LogP contribution in [0.5, 0.6) is 0 Å². The number of nitrogens with zero attached hydrogens (tertiary/aromatic N) is 1. The number of hydrogen-bond donors (Lipinski definition) is 2. The molecule has 4 heteroatoms. The third kappa shape index (κ3) is 2.11. The summed E-state index contributed by atoms with van der Waals surface area (Å²) in [6.07, 6.45) is 6.55. The molecule has 1 aliphatic rings. The van der Waals surface area contributed by atoms with Gasteiger partial charge in [0.15, 0.2) is 0 Å². The Bertz CT molecular complexity index is 573. The normalized spacial score (nSPS) is 18.1. The molecule has 1 fully saturated rings. The zero-order valence-electron chi connectivity index (χ0n) is 11.6. The molecule has 1 heterocycles. The highest BCUT2D eigenvalue weighted by atomic mass is 16.2. The summed E-state index contributed by atoms with van der Waals surface area (Å²) in [5.41, 5.74) is 1.79. The number of aromatic nitrogens is 2. The molecule has 0 bridgehead atoms. The molecule has 1 atom stereocenters. The summed E-state index contributed by atoms with van der Waals surface area (Å²) in [6.45, 7) is 1.99. The molecule has 104 valence electrons. The summed E-state index contributed by atoms with van der Waals surface area (Å²) in [6, 6.07) is 10.1.